The molecule has 0 aromatic rings. The molecule has 0 heterocycles. The van der Waals surface area contributed by atoms with Crippen LogP contribution in [0.1, 0.15) is 26.7 Å². The van der Waals surface area contributed by atoms with Gasteiger partial charge in [-0.15, -0.1) is 0 Å². The van der Waals surface area contributed by atoms with Gasteiger partial charge in [0.15, 0.2) is 0 Å². The Morgan fingerprint density at radius 2 is 1.88 bits per heavy atom. The third-order valence-corrected chi connectivity index (χ3v) is 2.90. The third kappa shape index (κ3) is 2.48. The lowest BCUT2D eigenvalue weighted by atomic mass is 9.93. The average Bonchev–Trinajstić information content (AvgIpc) is 2.93. The summed E-state index contributed by atoms with van der Waals surface area (Å²) in [5.41, 5.74) is -2.73. The molecule has 0 radical (unpaired) electrons. The highest BCUT2D eigenvalue weighted by Gasteiger charge is 2.63. The van der Waals surface area contributed by atoms with Gasteiger partial charge in [-0.05, 0) is 26.7 Å². The van der Waals surface area contributed by atoms with E-state index >= 15 is 0 Å². The molecule has 94 valence electrons. The van der Waals surface area contributed by atoms with Crippen molar-refractivity contribution in [3.05, 3.63) is 0 Å². The molecule has 0 bridgehead atoms. The van der Waals surface area contributed by atoms with E-state index in [1.807, 2.05) is 0 Å². The van der Waals surface area contributed by atoms with Gasteiger partial charge in [0.25, 0.3) is 0 Å². The molecule has 0 saturated heterocycles. The van der Waals surface area contributed by atoms with Crippen molar-refractivity contribution in [3.8, 4) is 0 Å². The predicted molar refractivity (Wildman–Crippen MR) is 51.8 cm³/mol. The second-order valence-corrected chi connectivity index (χ2v) is 4.81. The molecule has 0 aromatic heterocycles. The first-order valence-corrected chi connectivity index (χ1v) is 5.05. The van der Waals surface area contributed by atoms with E-state index in [1.54, 1.807) is 13.8 Å². The van der Waals surface area contributed by atoms with Crippen LogP contribution in [-0.4, -0.2) is 31.3 Å². The number of rotatable bonds is 4. The fourth-order valence-electron chi connectivity index (χ4n) is 1.42. The van der Waals surface area contributed by atoms with E-state index in [-0.39, 0.29) is 19.4 Å². The first-order chi connectivity index (χ1) is 7.15. The van der Waals surface area contributed by atoms with Crippen molar-refractivity contribution in [1.82, 2.24) is 5.32 Å². The minimum atomic E-state index is -4.25. The van der Waals surface area contributed by atoms with E-state index in [0.717, 1.165) is 0 Å². The Kier molecular flexibility index (Phi) is 3.24. The molecule has 0 spiro atoms. The molecule has 16 heavy (non-hydrogen) atoms. The van der Waals surface area contributed by atoms with Crippen LogP contribution in [0, 0.1) is 5.41 Å². The monoisotopic (exact) mass is 239 g/mol. The molecule has 1 aliphatic rings. The van der Waals surface area contributed by atoms with Gasteiger partial charge in [0.05, 0.1) is 12.5 Å². The van der Waals surface area contributed by atoms with Crippen LogP contribution < -0.4 is 5.32 Å². The Morgan fingerprint density at radius 3 is 2.19 bits per heavy atom. The molecular formula is C10H16F3NO2. The van der Waals surface area contributed by atoms with Crippen LogP contribution in [0.15, 0.2) is 0 Å². The number of nitrogens with one attached hydrogen (secondary N) is 1. The third-order valence-electron chi connectivity index (χ3n) is 2.90. The van der Waals surface area contributed by atoms with Gasteiger partial charge in [0.2, 0.25) is 0 Å². The number of halogens is 3. The van der Waals surface area contributed by atoms with Crippen molar-refractivity contribution in [2.45, 2.75) is 38.4 Å². The summed E-state index contributed by atoms with van der Waals surface area (Å²) in [6, 6.07) is 0. The molecule has 1 fully saturated rings. The molecule has 6 heteroatoms. The SMILES string of the molecule is COC(=O)C(C)(C)CNC1(C(F)(F)F)CC1. The summed E-state index contributed by atoms with van der Waals surface area (Å²) in [6.45, 7) is 3.07. The summed E-state index contributed by atoms with van der Waals surface area (Å²) in [5, 5.41) is 2.44. The summed E-state index contributed by atoms with van der Waals surface area (Å²) in [7, 11) is 1.22. The van der Waals surface area contributed by atoms with Crippen LogP contribution >= 0.6 is 0 Å². The fraction of sp³-hybridized carbons (Fsp3) is 0.900. The summed E-state index contributed by atoms with van der Waals surface area (Å²) in [4.78, 5) is 11.3. The number of alkyl halides is 3. The number of carbonyl (C=O) groups excluding carboxylic acids is 1. The highest BCUT2D eigenvalue weighted by molar-refractivity contribution is 5.76. The Hall–Kier alpha value is -0.780. The van der Waals surface area contributed by atoms with Crippen molar-refractivity contribution in [3.63, 3.8) is 0 Å². The van der Waals surface area contributed by atoms with Crippen molar-refractivity contribution in [2.75, 3.05) is 13.7 Å². The maximum atomic E-state index is 12.6. The zero-order chi connectivity index (χ0) is 12.6. The van der Waals surface area contributed by atoms with Gasteiger partial charge in [-0.1, -0.05) is 0 Å². The van der Waals surface area contributed by atoms with Crippen LogP contribution in [0.2, 0.25) is 0 Å². The zero-order valence-corrected chi connectivity index (χ0v) is 9.57. The van der Waals surface area contributed by atoms with Crippen molar-refractivity contribution >= 4 is 5.97 Å². The van der Waals surface area contributed by atoms with E-state index in [1.165, 1.54) is 7.11 Å². The molecule has 3 nitrogen and oxygen atoms in total. The molecule has 1 aliphatic carbocycles. The van der Waals surface area contributed by atoms with Gasteiger partial charge < -0.3 is 10.1 Å². The first kappa shape index (κ1) is 13.3. The van der Waals surface area contributed by atoms with Crippen molar-refractivity contribution in [2.24, 2.45) is 5.41 Å². The highest BCUT2D eigenvalue weighted by Crippen LogP contribution is 2.49. The summed E-state index contributed by atoms with van der Waals surface area (Å²) < 4.78 is 42.3. The van der Waals surface area contributed by atoms with Crippen LogP contribution in [-0.2, 0) is 9.53 Å². The normalized spacial score (nSPS) is 19.4. The van der Waals surface area contributed by atoms with E-state index in [9.17, 15) is 18.0 Å². The number of esters is 1. The Morgan fingerprint density at radius 1 is 1.38 bits per heavy atom. The topological polar surface area (TPSA) is 38.3 Å². The van der Waals surface area contributed by atoms with Gasteiger partial charge in [-0.3, -0.25) is 4.79 Å². The second-order valence-electron chi connectivity index (χ2n) is 4.81. The lowest BCUT2D eigenvalue weighted by molar-refractivity contribution is -0.169. The van der Waals surface area contributed by atoms with Gasteiger partial charge in [-0.2, -0.15) is 13.2 Å². The van der Waals surface area contributed by atoms with E-state index < -0.39 is 23.1 Å². The Labute approximate surface area is 92.3 Å². The van der Waals surface area contributed by atoms with E-state index in [0.29, 0.717) is 0 Å². The van der Waals surface area contributed by atoms with Crippen molar-refractivity contribution < 1.29 is 22.7 Å². The Bertz CT molecular complexity index is 282. The van der Waals surface area contributed by atoms with Crippen LogP contribution in [0.3, 0.4) is 0 Å². The van der Waals surface area contributed by atoms with Crippen LogP contribution in [0.25, 0.3) is 0 Å². The predicted octanol–water partition coefficient (Wildman–Crippen LogP) is 1.87. The molecule has 0 amide bonds. The number of ether oxygens (including phenoxy) is 1. The van der Waals surface area contributed by atoms with Crippen LogP contribution in [0.4, 0.5) is 13.2 Å². The second kappa shape index (κ2) is 3.91. The molecule has 1 saturated carbocycles. The molecule has 0 aliphatic heterocycles. The minimum Gasteiger partial charge on any atom is -0.469 e. The number of hydrogen-bond donors (Lipinski definition) is 1. The lowest BCUT2D eigenvalue weighted by Gasteiger charge is -2.27. The van der Waals surface area contributed by atoms with Crippen LogP contribution in [0.5, 0.6) is 0 Å². The lowest BCUT2D eigenvalue weighted by Crippen LogP contribution is -2.50. The maximum absolute atomic E-state index is 12.6. The van der Waals surface area contributed by atoms with Crippen molar-refractivity contribution in [1.29, 1.82) is 0 Å². The molecule has 0 unspecified atom stereocenters. The molecule has 1 N–H and O–H groups in total. The zero-order valence-electron chi connectivity index (χ0n) is 9.57. The number of hydrogen-bond acceptors (Lipinski definition) is 3. The quantitative estimate of drug-likeness (QED) is 0.761. The Balaban J connectivity index is 2.56. The summed E-state index contributed by atoms with van der Waals surface area (Å²) in [6.07, 6.45) is -4.10. The molecular weight excluding hydrogens is 223 g/mol. The number of carbonyl (C=O) groups is 1. The first-order valence-electron chi connectivity index (χ1n) is 5.05. The van der Waals surface area contributed by atoms with E-state index in [2.05, 4.69) is 10.1 Å². The summed E-state index contributed by atoms with van der Waals surface area (Å²) in [5.74, 6) is -0.516. The van der Waals surface area contributed by atoms with Gasteiger partial charge >= 0.3 is 12.1 Å². The average molecular weight is 239 g/mol. The highest BCUT2D eigenvalue weighted by atomic mass is 19.4. The molecule has 0 atom stereocenters. The van der Waals surface area contributed by atoms with Gasteiger partial charge in [0.1, 0.15) is 5.54 Å². The summed E-state index contributed by atoms with van der Waals surface area (Å²) >= 11 is 0. The molecule has 0 aromatic carbocycles. The fourth-order valence-corrected chi connectivity index (χ4v) is 1.42. The van der Waals surface area contributed by atoms with Gasteiger partial charge in [-0.25, -0.2) is 0 Å². The maximum Gasteiger partial charge on any atom is 0.406 e. The van der Waals surface area contributed by atoms with E-state index in [4.69, 9.17) is 0 Å². The smallest absolute Gasteiger partial charge is 0.406 e. The standard InChI is InChI=1S/C10H16F3NO2/c1-8(2,7(15)16-3)6-14-9(4-5-9)10(11,12)13/h14H,4-6H2,1-3H3. The minimum absolute atomic E-state index is 0.0425. The number of methoxy groups -OCH3 is 1. The van der Waals surface area contributed by atoms with Gasteiger partial charge in [0, 0.05) is 6.54 Å². The molecule has 1 rings (SSSR count). The largest absolute Gasteiger partial charge is 0.469 e.